The Labute approximate surface area is 108 Å². The summed E-state index contributed by atoms with van der Waals surface area (Å²) >= 11 is 0. The van der Waals surface area contributed by atoms with E-state index in [4.69, 9.17) is 10.3 Å². The van der Waals surface area contributed by atoms with Crippen molar-refractivity contribution in [2.24, 2.45) is 5.73 Å². The Kier molecular flexibility index (Phi) is 3.86. The van der Waals surface area contributed by atoms with Gasteiger partial charge in [0.25, 0.3) is 0 Å². The zero-order valence-corrected chi connectivity index (χ0v) is 10.3. The van der Waals surface area contributed by atoms with Crippen molar-refractivity contribution in [2.75, 3.05) is 6.54 Å². The van der Waals surface area contributed by atoms with E-state index in [1.54, 1.807) is 12.1 Å². The van der Waals surface area contributed by atoms with Crippen molar-refractivity contribution >= 4 is 5.91 Å². The number of hydrogen-bond acceptors (Lipinski definition) is 5. The predicted molar refractivity (Wildman–Crippen MR) is 65.3 cm³/mol. The molecular formula is C12H13FN4O2. The van der Waals surface area contributed by atoms with Gasteiger partial charge in [0, 0.05) is 19.0 Å². The standard InChI is InChI=1S/C12H13FN4O2/c1-7(18)15-6-10(14)12-16-11(17-19-12)8-3-2-4-9(13)5-8/h2-5,10H,6,14H2,1H3,(H,15,18)/t10-/m0/s1. The van der Waals surface area contributed by atoms with E-state index in [9.17, 15) is 9.18 Å². The average molecular weight is 264 g/mol. The maximum Gasteiger partial charge on any atom is 0.245 e. The van der Waals surface area contributed by atoms with Crippen LogP contribution in [0.2, 0.25) is 0 Å². The number of halogens is 1. The number of nitrogens with two attached hydrogens (primary N) is 1. The largest absolute Gasteiger partial charge is 0.354 e. The topological polar surface area (TPSA) is 94.0 Å². The molecule has 0 bridgehead atoms. The highest BCUT2D eigenvalue weighted by Gasteiger charge is 2.16. The highest BCUT2D eigenvalue weighted by atomic mass is 19.1. The molecule has 1 atom stereocenters. The Morgan fingerprint density at radius 1 is 1.58 bits per heavy atom. The second kappa shape index (κ2) is 5.57. The second-order valence-electron chi connectivity index (χ2n) is 4.01. The Morgan fingerprint density at radius 3 is 3.05 bits per heavy atom. The average Bonchev–Trinajstić information content (AvgIpc) is 2.85. The van der Waals surface area contributed by atoms with Gasteiger partial charge in [-0.05, 0) is 12.1 Å². The van der Waals surface area contributed by atoms with Crippen molar-refractivity contribution in [3.8, 4) is 11.4 Å². The summed E-state index contributed by atoms with van der Waals surface area (Å²) in [5.74, 6) is -0.132. The molecule has 1 amide bonds. The molecule has 0 spiro atoms. The molecule has 6 nitrogen and oxygen atoms in total. The van der Waals surface area contributed by atoms with Crippen LogP contribution in [0.1, 0.15) is 18.9 Å². The number of aromatic nitrogens is 2. The van der Waals surface area contributed by atoms with Crippen molar-refractivity contribution in [3.05, 3.63) is 36.0 Å². The van der Waals surface area contributed by atoms with Gasteiger partial charge in [-0.25, -0.2) is 4.39 Å². The summed E-state index contributed by atoms with van der Waals surface area (Å²) in [6.45, 7) is 1.58. The molecule has 1 heterocycles. The first kappa shape index (κ1) is 13.2. The lowest BCUT2D eigenvalue weighted by Gasteiger charge is -2.06. The summed E-state index contributed by atoms with van der Waals surface area (Å²) in [5.41, 5.74) is 6.28. The Bertz CT molecular complexity index is 585. The second-order valence-corrected chi connectivity index (χ2v) is 4.01. The van der Waals surface area contributed by atoms with Crippen molar-refractivity contribution in [2.45, 2.75) is 13.0 Å². The number of carbonyl (C=O) groups is 1. The molecule has 0 unspecified atom stereocenters. The number of carbonyl (C=O) groups excluding carboxylic acids is 1. The molecule has 0 aliphatic rings. The fourth-order valence-electron chi connectivity index (χ4n) is 1.47. The van der Waals surface area contributed by atoms with Crippen molar-refractivity contribution in [1.82, 2.24) is 15.5 Å². The molecule has 2 rings (SSSR count). The molecule has 2 aromatic rings. The molecule has 0 aliphatic heterocycles. The Morgan fingerprint density at radius 2 is 2.37 bits per heavy atom. The van der Waals surface area contributed by atoms with Crippen LogP contribution < -0.4 is 11.1 Å². The SMILES string of the molecule is CC(=O)NC[C@H](N)c1nc(-c2cccc(F)c2)no1. The zero-order valence-electron chi connectivity index (χ0n) is 10.3. The first-order chi connectivity index (χ1) is 9.06. The van der Waals surface area contributed by atoms with Crippen molar-refractivity contribution in [3.63, 3.8) is 0 Å². The number of rotatable bonds is 4. The lowest BCUT2D eigenvalue weighted by Crippen LogP contribution is -2.30. The van der Waals surface area contributed by atoms with Gasteiger partial charge in [-0.3, -0.25) is 4.79 Å². The number of amides is 1. The van der Waals surface area contributed by atoms with Crippen molar-refractivity contribution < 1.29 is 13.7 Å². The van der Waals surface area contributed by atoms with Gasteiger partial charge in [-0.2, -0.15) is 4.98 Å². The monoisotopic (exact) mass is 264 g/mol. The molecule has 0 saturated heterocycles. The lowest BCUT2D eigenvalue weighted by atomic mass is 10.2. The van der Waals surface area contributed by atoms with Gasteiger partial charge in [-0.1, -0.05) is 17.3 Å². The third kappa shape index (κ3) is 3.35. The molecular weight excluding hydrogens is 251 g/mol. The Hall–Kier alpha value is -2.28. The number of nitrogens with one attached hydrogen (secondary N) is 1. The smallest absolute Gasteiger partial charge is 0.245 e. The molecule has 3 N–H and O–H groups in total. The number of benzene rings is 1. The minimum absolute atomic E-state index is 0.188. The van der Waals surface area contributed by atoms with E-state index in [1.165, 1.54) is 19.1 Å². The van der Waals surface area contributed by atoms with Crippen molar-refractivity contribution in [1.29, 1.82) is 0 Å². The minimum atomic E-state index is -0.598. The van der Waals surface area contributed by atoms with Crippen LogP contribution in [-0.2, 0) is 4.79 Å². The fraction of sp³-hybridized carbons (Fsp3) is 0.250. The van der Waals surface area contributed by atoms with E-state index >= 15 is 0 Å². The molecule has 0 radical (unpaired) electrons. The van der Waals surface area contributed by atoms with Gasteiger partial charge in [0.1, 0.15) is 11.9 Å². The van der Waals surface area contributed by atoms with Gasteiger partial charge in [-0.15, -0.1) is 0 Å². The normalized spacial score (nSPS) is 12.2. The highest BCUT2D eigenvalue weighted by molar-refractivity contribution is 5.72. The third-order valence-corrected chi connectivity index (χ3v) is 2.41. The molecule has 1 aromatic carbocycles. The quantitative estimate of drug-likeness (QED) is 0.859. The summed E-state index contributed by atoms with van der Waals surface area (Å²) in [6, 6.07) is 5.24. The first-order valence-electron chi connectivity index (χ1n) is 5.66. The van der Waals surface area contributed by atoms with Gasteiger partial charge in [0.2, 0.25) is 17.6 Å². The van der Waals surface area contributed by atoms with Crippen LogP contribution in [0.5, 0.6) is 0 Å². The molecule has 0 saturated carbocycles. The molecule has 19 heavy (non-hydrogen) atoms. The van der Waals surface area contributed by atoms with E-state index in [1.807, 2.05) is 0 Å². The van der Waals surface area contributed by atoms with Crippen LogP contribution in [0.15, 0.2) is 28.8 Å². The predicted octanol–water partition coefficient (Wildman–Crippen LogP) is 1.01. The van der Waals surface area contributed by atoms with E-state index in [2.05, 4.69) is 15.5 Å². The van der Waals surface area contributed by atoms with Gasteiger partial charge < -0.3 is 15.6 Å². The maximum atomic E-state index is 13.1. The van der Waals surface area contributed by atoms with E-state index in [0.29, 0.717) is 5.56 Å². The summed E-state index contributed by atoms with van der Waals surface area (Å²) in [7, 11) is 0. The van der Waals surface area contributed by atoms with Crippen LogP contribution in [-0.4, -0.2) is 22.6 Å². The van der Waals surface area contributed by atoms with E-state index in [-0.39, 0.29) is 30.0 Å². The van der Waals surface area contributed by atoms with Crippen LogP contribution in [0.3, 0.4) is 0 Å². The first-order valence-corrected chi connectivity index (χ1v) is 5.66. The molecule has 1 aromatic heterocycles. The van der Waals surface area contributed by atoms with Crippen LogP contribution in [0, 0.1) is 5.82 Å². The van der Waals surface area contributed by atoms with Gasteiger partial charge >= 0.3 is 0 Å². The molecule has 0 fully saturated rings. The minimum Gasteiger partial charge on any atom is -0.354 e. The third-order valence-electron chi connectivity index (χ3n) is 2.41. The zero-order chi connectivity index (χ0) is 13.8. The van der Waals surface area contributed by atoms with Gasteiger partial charge in [0.15, 0.2) is 0 Å². The highest BCUT2D eigenvalue weighted by Crippen LogP contribution is 2.18. The fourth-order valence-corrected chi connectivity index (χ4v) is 1.47. The molecule has 100 valence electrons. The van der Waals surface area contributed by atoms with Crippen LogP contribution in [0.4, 0.5) is 4.39 Å². The molecule has 7 heteroatoms. The van der Waals surface area contributed by atoms with Gasteiger partial charge in [0.05, 0.1) is 0 Å². The maximum absolute atomic E-state index is 13.1. The number of hydrogen-bond donors (Lipinski definition) is 2. The summed E-state index contributed by atoms with van der Waals surface area (Å²) in [6.07, 6.45) is 0. The van der Waals surface area contributed by atoms with E-state index in [0.717, 1.165) is 0 Å². The van der Waals surface area contributed by atoms with E-state index < -0.39 is 6.04 Å². The Balaban J connectivity index is 2.12. The van der Waals surface area contributed by atoms with Crippen LogP contribution >= 0.6 is 0 Å². The summed E-state index contributed by atoms with van der Waals surface area (Å²) in [4.78, 5) is 14.8. The summed E-state index contributed by atoms with van der Waals surface area (Å²) in [5, 5.41) is 6.28. The lowest BCUT2D eigenvalue weighted by molar-refractivity contribution is -0.119. The number of nitrogens with zero attached hydrogens (tertiary/aromatic N) is 2. The summed E-state index contributed by atoms with van der Waals surface area (Å²) < 4.78 is 18.1. The molecule has 0 aliphatic carbocycles. The van der Waals surface area contributed by atoms with Crippen LogP contribution in [0.25, 0.3) is 11.4 Å².